The molecule has 0 saturated carbocycles. The van der Waals surface area contributed by atoms with Crippen molar-refractivity contribution < 1.29 is 4.42 Å². The summed E-state index contributed by atoms with van der Waals surface area (Å²) in [4.78, 5) is 19.2. The third-order valence-electron chi connectivity index (χ3n) is 7.71. The van der Waals surface area contributed by atoms with Gasteiger partial charge in [0.1, 0.15) is 16.9 Å². The minimum atomic E-state index is 0.487. The highest BCUT2D eigenvalue weighted by Gasteiger charge is 2.23. The first-order valence-corrected chi connectivity index (χ1v) is 13.2. The second-order valence-corrected chi connectivity index (χ2v) is 9.95. The molecule has 40 heavy (non-hydrogen) atoms. The van der Waals surface area contributed by atoms with Crippen LogP contribution >= 0.6 is 0 Å². The standard InChI is InChI=1S/C34H19N5O/c1-2-9-21-19-28-26(18-20(21)8-1)22-10-3-5-14-27(22)39(28)34-30(37-32-33(38-34)36-17-16-35-32)25-13-7-12-24-23-11-4-6-15-29(23)40-31(24)25/h1-19H. The summed E-state index contributed by atoms with van der Waals surface area (Å²) in [5.41, 5.74) is 6.23. The molecule has 6 heteroatoms. The molecule has 0 saturated heterocycles. The van der Waals surface area contributed by atoms with Gasteiger partial charge in [-0.05, 0) is 41.1 Å². The highest BCUT2D eigenvalue weighted by atomic mass is 16.3. The molecule has 5 aromatic carbocycles. The number of hydrogen-bond donors (Lipinski definition) is 0. The summed E-state index contributed by atoms with van der Waals surface area (Å²) in [5, 5.41) is 6.76. The van der Waals surface area contributed by atoms with Crippen LogP contribution < -0.4 is 0 Å². The van der Waals surface area contributed by atoms with Crippen LogP contribution in [0.2, 0.25) is 0 Å². The van der Waals surface area contributed by atoms with Crippen molar-refractivity contribution in [2.75, 3.05) is 0 Å². The van der Waals surface area contributed by atoms with E-state index in [2.05, 4.69) is 87.3 Å². The van der Waals surface area contributed by atoms with Crippen molar-refractivity contribution in [1.82, 2.24) is 24.5 Å². The van der Waals surface area contributed by atoms with E-state index in [0.29, 0.717) is 22.8 Å². The van der Waals surface area contributed by atoms with Gasteiger partial charge in [-0.15, -0.1) is 0 Å². The predicted octanol–water partition coefficient (Wildman–Crippen LogP) is 8.24. The summed E-state index contributed by atoms with van der Waals surface area (Å²) in [7, 11) is 0. The van der Waals surface area contributed by atoms with Gasteiger partial charge in [-0.2, -0.15) is 0 Å². The lowest BCUT2D eigenvalue weighted by atomic mass is 10.1. The lowest BCUT2D eigenvalue weighted by Crippen LogP contribution is -2.05. The molecular formula is C34H19N5O. The van der Waals surface area contributed by atoms with Crippen molar-refractivity contribution in [1.29, 1.82) is 0 Å². The van der Waals surface area contributed by atoms with Crippen molar-refractivity contribution >= 4 is 65.8 Å². The van der Waals surface area contributed by atoms with Crippen LogP contribution in [0.5, 0.6) is 0 Å². The minimum absolute atomic E-state index is 0.487. The van der Waals surface area contributed by atoms with Crippen LogP contribution in [-0.4, -0.2) is 24.5 Å². The Bertz CT molecular complexity index is 2450. The van der Waals surface area contributed by atoms with Crippen LogP contribution in [0.4, 0.5) is 0 Å². The van der Waals surface area contributed by atoms with Crippen LogP contribution in [0.15, 0.2) is 120 Å². The summed E-state index contributed by atoms with van der Waals surface area (Å²) >= 11 is 0. The molecule has 6 nitrogen and oxygen atoms in total. The van der Waals surface area contributed by atoms with Crippen molar-refractivity contribution in [3.05, 3.63) is 116 Å². The fraction of sp³-hybridized carbons (Fsp3) is 0. The lowest BCUT2D eigenvalue weighted by molar-refractivity contribution is 0.669. The van der Waals surface area contributed by atoms with Gasteiger partial charge in [-0.1, -0.05) is 72.8 Å². The van der Waals surface area contributed by atoms with Gasteiger partial charge in [-0.3, -0.25) is 4.57 Å². The third kappa shape index (κ3) is 2.93. The molecule has 0 aliphatic carbocycles. The van der Waals surface area contributed by atoms with Crippen LogP contribution in [0.1, 0.15) is 0 Å². The van der Waals surface area contributed by atoms with Crippen molar-refractivity contribution in [2.24, 2.45) is 0 Å². The molecule has 4 heterocycles. The first-order valence-electron chi connectivity index (χ1n) is 13.2. The number of para-hydroxylation sites is 3. The van der Waals surface area contributed by atoms with Crippen LogP contribution in [0.25, 0.3) is 82.9 Å². The van der Waals surface area contributed by atoms with E-state index in [0.717, 1.165) is 54.7 Å². The van der Waals surface area contributed by atoms with E-state index in [9.17, 15) is 0 Å². The number of benzene rings is 5. The Balaban J connectivity index is 1.46. The number of nitrogens with zero attached hydrogens (tertiary/aromatic N) is 5. The van der Waals surface area contributed by atoms with Crippen LogP contribution in [0.3, 0.4) is 0 Å². The van der Waals surface area contributed by atoms with Gasteiger partial charge in [0.15, 0.2) is 17.1 Å². The zero-order valence-corrected chi connectivity index (χ0v) is 21.1. The van der Waals surface area contributed by atoms with E-state index < -0.39 is 0 Å². The monoisotopic (exact) mass is 513 g/mol. The molecule has 0 amide bonds. The van der Waals surface area contributed by atoms with Gasteiger partial charge in [0.2, 0.25) is 0 Å². The summed E-state index contributed by atoms with van der Waals surface area (Å²) in [5.74, 6) is 0.683. The Hall–Kier alpha value is -5.62. The summed E-state index contributed by atoms with van der Waals surface area (Å²) in [6.45, 7) is 0. The van der Waals surface area contributed by atoms with E-state index in [4.69, 9.17) is 14.4 Å². The molecule has 186 valence electrons. The van der Waals surface area contributed by atoms with Gasteiger partial charge in [0, 0.05) is 39.5 Å². The van der Waals surface area contributed by atoms with Gasteiger partial charge in [0.05, 0.1) is 11.0 Å². The molecule has 0 radical (unpaired) electrons. The molecule has 9 rings (SSSR count). The third-order valence-corrected chi connectivity index (χ3v) is 7.71. The van der Waals surface area contributed by atoms with E-state index in [-0.39, 0.29) is 0 Å². The first-order chi connectivity index (χ1) is 19.8. The SMILES string of the molecule is c1ccc2cc3c(cc2c1)c1ccccc1n3-c1nc2nccnc2nc1-c1cccc2c1oc1ccccc12. The van der Waals surface area contributed by atoms with E-state index in [1.165, 1.54) is 5.39 Å². The van der Waals surface area contributed by atoms with Crippen molar-refractivity contribution in [3.63, 3.8) is 0 Å². The average molecular weight is 514 g/mol. The smallest absolute Gasteiger partial charge is 0.199 e. The Morgan fingerprint density at radius 1 is 0.550 bits per heavy atom. The number of furan rings is 1. The van der Waals surface area contributed by atoms with Crippen molar-refractivity contribution in [3.8, 4) is 17.1 Å². The van der Waals surface area contributed by atoms with Gasteiger partial charge in [-0.25, -0.2) is 19.9 Å². The Morgan fingerprint density at radius 3 is 2.12 bits per heavy atom. The van der Waals surface area contributed by atoms with E-state index >= 15 is 0 Å². The lowest BCUT2D eigenvalue weighted by Gasteiger charge is -2.13. The highest BCUT2D eigenvalue weighted by molar-refractivity contribution is 6.14. The molecule has 4 aromatic heterocycles. The van der Waals surface area contributed by atoms with Gasteiger partial charge >= 0.3 is 0 Å². The molecule has 0 fully saturated rings. The minimum Gasteiger partial charge on any atom is -0.455 e. The molecule has 9 aromatic rings. The topological polar surface area (TPSA) is 69.6 Å². The van der Waals surface area contributed by atoms with Crippen LogP contribution in [-0.2, 0) is 0 Å². The van der Waals surface area contributed by atoms with E-state index in [1.54, 1.807) is 12.4 Å². The van der Waals surface area contributed by atoms with Gasteiger partial charge < -0.3 is 4.42 Å². The average Bonchev–Trinajstić information content (AvgIpc) is 3.55. The second kappa shape index (κ2) is 7.94. The number of aromatic nitrogens is 5. The molecule has 0 aliphatic heterocycles. The first kappa shape index (κ1) is 21.3. The van der Waals surface area contributed by atoms with Gasteiger partial charge in [0.25, 0.3) is 0 Å². The van der Waals surface area contributed by atoms with Crippen LogP contribution in [0, 0.1) is 0 Å². The Labute approximate surface area is 227 Å². The zero-order valence-electron chi connectivity index (χ0n) is 21.1. The maximum absolute atomic E-state index is 6.44. The summed E-state index contributed by atoms with van der Waals surface area (Å²) in [6, 6.07) is 35.7. The fourth-order valence-electron chi connectivity index (χ4n) is 5.94. The molecule has 0 N–H and O–H groups in total. The number of rotatable bonds is 2. The Morgan fingerprint density at radius 2 is 1.25 bits per heavy atom. The number of fused-ring (bicyclic) bond motifs is 8. The molecule has 0 bridgehead atoms. The maximum atomic E-state index is 6.44. The summed E-state index contributed by atoms with van der Waals surface area (Å²) < 4.78 is 8.65. The largest absolute Gasteiger partial charge is 0.455 e. The summed E-state index contributed by atoms with van der Waals surface area (Å²) in [6.07, 6.45) is 3.30. The molecule has 0 aliphatic rings. The van der Waals surface area contributed by atoms with Crippen molar-refractivity contribution in [2.45, 2.75) is 0 Å². The second-order valence-electron chi connectivity index (χ2n) is 9.95. The zero-order chi connectivity index (χ0) is 26.2. The molecule has 0 atom stereocenters. The van der Waals surface area contributed by atoms with E-state index in [1.807, 2.05) is 30.3 Å². The fourth-order valence-corrected chi connectivity index (χ4v) is 5.94. The predicted molar refractivity (Wildman–Crippen MR) is 160 cm³/mol. The number of hydrogen-bond acceptors (Lipinski definition) is 5. The normalized spacial score (nSPS) is 12.0. The molecular weight excluding hydrogens is 494 g/mol. The maximum Gasteiger partial charge on any atom is 0.199 e. The molecule has 0 unspecified atom stereocenters. The molecule has 0 spiro atoms. The quantitative estimate of drug-likeness (QED) is 0.233. The Kier molecular flexibility index (Phi) is 4.24. The highest BCUT2D eigenvalue weighted by Crippen LogP contribution is 2.40.